The Kier molecular flexibility index (Phi) is 3.69. The van der Waals surface area contributed by atoms with Gasteiger partial charge in [0.2, 0.25) is 11.9 Å². The molecule has 0 atom stereocenters. The van der Waals surface area contributed by atoms with E-state index in [4.69, 9.17) is 4.74 Å². The molecule has 19 heavy (non-hydrogen) atoms. The van der Waals surface area contributed by atoms with Crippen LogP contribution in [0.15, 0.2) is 18.2 Å². The highest BCUT2D eigenvalue weighted by atomic mass is 19.2. The molecule has 0 saturated carbocycles. The molecular weight excluding hydrogens is 258 g/mol. The van der Waals surface area contributed by atoms with Gasteiger partial charge in [-0.05, 0) is 17.7 Å². The van der Waals surface area contributed by atoms with Crippen LogP contribution in [0.5, 0.6) is 6.01 Å². The van der Waals surface area contributed by atoms with Gasteiger partial charge in [-0.15, -0.1) is 5.10 Å². The third-order valence-electron chi connectivity index (χ3n) is 2.25. The molecule has 2 rings (SSSR count). The van der Waals surface area contributed by atoms with Crippen molar-refractivity contribution in [1.29, 1.82) is 0 Å². The van der Waals surface area contributed by atoms with Crippen molar-refractivity contribution in [2.24, 2.45) is 0 Å². The summed E-state index contributed by atoms with van der Waals surface area (Å²) in [5.41, 5.74) is 0.350. The van der Waals surface area contributed by atoms with Crippen molar-refractivity contribution in [1.82, 2.24) is 15.2 Å². The number of aromatic amines is 1. The third-order valence-corrected chi connectivity index (χ3v) is 2.25. The molecule has 0 saturated heterocycles. The summed E-state index contributed by atoms with van der Waals surface area (Å²) < 4.78 is 30.4. The zero-order chi connectivity index (χ0) is 13.8. The van der Waals surface area contributed by atoms with Gasteiger partial charge in [0.15, 0.2) is 11.6 Å². The molecule has 0 spiro atoms. The van der Waals surface area contributed by atoms with Gasteiger partial charge in [0, 0.05) is 0 Å². The highest BCUT2D eigenvalue weighted by molar-refractivity contribution is 5.90. The number of halogens is 2. The van der Waals surface area contributed by atoms with Gasteiger partial charge in [0.25, 0.3) is 0 Å². The van der Waals surface area contributed by atoms with Gasteiger partial charge in [-0.2, -0.15) is 4.98 Å². The largest absolute Gasteiger partial charge is 0.466 e. The molecule has 0 aliphatic rings. The van der Waals surface area contributed by atoms with E-state index in [9.17, 15) is 13.6 Å². The fourth-order valence-corrected chi connectivity index (χ4v) is 1.40. The maximum Gasteiger partial charge on any atom is 0.336 e. The molecule has 1 aromatic heterocycles. The summed E-state index contributed by atoms with van der Waals surface area (Å²) in [5, 5.41) is 8.49. The molecule has 1 heterocycles. The zero-order valence-electron chi connectivity index (χ0n) is 9.91. The van der Waals surface area contributed by atoms with Gasteiger partial charge in [0.05, 0.1) is 13.5 Å². The second kappa shape index (κ2) is 5.42. The molecule has 6 nitrogen and oxygen atoms in total. The van der Waals surface area contributed by atoms with Crippen LogP contribution < -0.4 is 10.1 Å². The topological polar surface area (TPSA) is 79.9 Å². The van der Waals surface area contributed by atoms with Gasteiger partial charge in [-0.1, -0.05) is 6.07 Å². The fraction of sp³-hybridized carbons (Fsp3) is 0.182. The Labute approximate surface area is 106 Å². The van der Waals surface area contributed by atoms with E-state index >= 15 is 0 Å². The molecule has 2 N–H and O–H groups in total. The Hall–Kier alpha value is -2.51. The highest BCUT2D eigenvalue weighted by Gasteiger charge is 2.10. The third kappa shape index (κ3) is 3.24. The van der Waals surface area contributed by atoms with Crippen LogP contribution in [0.2, 0.25) is 0 Å². The number of hydrogen-bond acceptors (Lipinski definition) is 4. The fourth-order valence-electron chi connectivity index (χ4n) is 1.40. The van der Waals surface area contributed by atoms with E-state index in [-0.39, 0.29) is 18.4 Å². The predicted octanol–water partition coefficient (Wildman–Crippen LogP) is 1.27. The summed E-state index contributed by atoms with van der Waals surface area (Å²) >= 11 is 0. The number of ether oxygens (including phenoxy) is 1. The first-order valence-electron chi connectivity index (χ1n) is 5.28. The van der Waals surface area contributed by atoms with E-state index in [2.05, 4.69) is 20.5 Å². The van der Waals surface area contributed by atoms with Crippen LogP contribution >= 0.6 is 0 Å². The smallest absolute Gasteiger partial charge is 0.336 e. The number of nitrogens with one attached hydrogen (secondary N) is 2. The van der Waals surface area contributed by atoms with E-state index in [0.29, 0.717) is 5.56 Å². The number of hydrogen-bond donors (Lipinski definition) is 2. The molecule has 0 aliphatic heterocycles. The average Bonchev–Trinajstić information content (AvgIpc) is 2.81. The molecule has 1 amide bonds. The van der Waals surface area contributed by atoms with Gasteiger partial charge in [0.1, 0.15) is 0 Å². The van der Waals surface area contributed by atoms with Crippen LogP contribution in [-0.4, -0.2) is 28.2 Å². The summed E-state index contributed by atoms with van der Waals surface area (Å²) in [7, 11) is 1.38. The maximum absolute atomic E-state index is 13.0. The van der Waals surface area contributed by atoms with E-state index < -0.39 is 17.5 Å². The summed E-state index contributed by atoms with van der Waals surface area (Å²) in [6.45, 7) is 0. The summed E-state index contributed by atoms with van der Waals surface area (Å²) in [6.07, 6.45) is -0.111. The average molecular weight is 268 g/mol. The second-order valence-electron chi connectivity index (χ2n) is 3.64. The minimum atomic E-state index is -0.994. The molecule has 0 aliphatic carbocycles. The SMILES string of the molecule is COc1n[nH]c(NC(=O)Cc2ccc(F)c(F)c2)n1. The van der Waals surface area contributed by atoms with Crippen molar-refractivity contribution in [3.05, 3.63) is 35.4 Å². The van der Waals surface area contributed by atoms with Gasteiger partial charge < -0.3 is 4.74 Å². The maximum atomic E-state index is 13.0. The predicted molar refractivity (Wildman–Crippen MR) is 61.6 cm³/mol. The monoisotopic (exact) mass is 268 g/mol. The Balaban J connectivity index is 1.98. The number of benzene rings is 1. The van der Waals surface area contributed by atoms with Crippen molar-refractivity contribution in [2.75, 3.05) is 12.4 Å². The normalized spacial score (nSPS) is 10.3. The van der Waals surface area contributed by atoms with Crippen LogP contribution in [0.1, 0.15) is 5.56 Å². The number of H-pyrrole nitrogens is 1. The lowest BCUT2D eigenvalue weighted by Crippen LogP contribution is -2.15. The Morgan fingerprint density at radius 3 is 2.84 bits per heavy atom. The number of nitrogens with zero attached hydrogens (tertiary/aromatic N) is 2. The summed E-state index contributed by atoms with van der Waals surface area (Å²) in [4.78, 5) is 15.4. The molecule has 1 aromatic carbocycles. The molecule has 0 bridgehead atoms. The van der Waals surface area contributed by atoms with Crippen molar-refractivity contribution in [3.8, 4) is 6.01 Å². The number of carbonyl (C=O) groups excluding carboxylic acids is 1. The molecule has 8 heteroatoms. The van der Waals surface area contributed by atoms with Gasteiger partial charge in [-0.25, -0.2) is 13.9 Å². The number of rotatable bonds is 4. The van der Waals surface area contributed by atoms with E-state index in [1.54, 1.807) is 0 Å². The lowest BCUT2D eigenvalue weighted by Gasteiger charge is -2.02. The lowest BCUT2D eigenvalue weighted by molar-refractivity contribution is -0.115. The van der Waals surface area contributed by atoms with Crippen LogP contribution in [0.25, 0.3) is 0 Å². The van der Waals surface area contributed by atoms with Crippen LogP contribution in [-0.2, 0) is 11.2 Å². The number of aromatic nitrogens is 3. The Morgan fingerprint density at radius 1 is 1.42 bits per heavy atom. The summed E-state index contributed by atoms with van der Waals surface area (Å²) in [5.74, 6) is -2.27. The summed E-state index contributed by atoms with van der Waals surface area (Å²) in [6, 6.07) is 3.35. The molecule has 100 valence electrons. The van der Waals surface area contributed by atoms with Crippen molar-refractivity contribution in [3.63, 3.8) is 0 Å². The minimum Gasteiger partial charge on any atom is -0.466 e. The molecule has 0 radical (unpaired) electrons. The molecule has 0 fully saturated rings. The number of carbonyl (C=O) groups is 1. The minimum absolute atomic E-state index is 0.0862. The Bertz CT molecular complexity index is 600. The van der Waals surface area contributed by atoms with Crippen molar-refractivity contribution >= 4 is 11.9 Å². The van der Waals surface area contributed by atoms with Gasteiger partial charge >= 0.3 is 6.01 Å². The van der Waals surface area contributed by atoms with Crippen LogP contribution in [0, 0.1) is 11.6 Å². The quantitative estimate of drug-likeness (QED) is 0.875. The van der Waals surface area contributed by atoms with E-state index in [0.717, 1.165) is 12.1 Å². The first kappa shape index (κ1) is 12.9. The number of methoxy groups -OCH3 is 1. The van der Waals surface area contributed by atoms with Crippen LogP contribution in [0.4, 0.5) is 14.7 Å². The first-order valence-corrected chi connectivity index (χ1v) is 5.28. The van der Waals surface area contributed by atoms with Crippen molar-refractivity contribution in [2.45, 2.75) is 6.42 Å². The Morgan fingerprint density at radius 2 is 2.21 bits per heavy atom. The van der Waals surface area contributed by atoms with Crippen molar-refractivity contribution < 1.29 is 18.3 Å². The zero-order valence-corrected chi connectivity index (χ0v) is 9.91. The number of anilines is 1. The standard InChI is InChI=1S/C11H10F2N4O2/c1-19-11-15-10(16-17-11)14-9(18)5-6-2-3-7(12)8(13)4-6/h2-4H,5H2,1H3,(H2,14,15,16,17,18). The van der Waals surface area contributed by atoms with Gasteiger partial charge in [-0.3, -0.25) is 10.1 Å². The molecule has 2 aromatic rings. The second-order valence-corrected chi connectivity index (χ2v) is 3.64. The molecule has 0 unspecified atom stereocenters. The number of amides is 1. The lowest BCUT2D eigenvalue weighted by atomic mass is 10.1. The van der Waals surface area contributed by atoms with Crippen LogP contribution in [0.3, 0.4) is 0 Å². The van der Waals surface area contributed by atoms with E-state index in [1.807, 2.05) is 0 Å². The van der Waals surface area contributed by atoms with E-state index in [1.165, 1.54) is 13.2 Å². The highest BCUT2D eigenvalue weighted by Crippen LogP contribution is 2.10. The molecular formula is C11H10F2N4O2. The first-order chi connectivity index (χ1) is 9.08.